The molecule has 0 aromatic rings. The molecule has 0 aromatic carbocycles. The molecule has 0 aliphatic carbocycles. The molecule has 3 nitrogen and oxygen atoms in total. The van der Waals surface area contributed by atoms with Gasteiger partial charge in [-0.05, 0) is 72.5 Å². The van der Waals surface area contributed by atoms with Crippen molar-refractivity contribution in [3.8, 4) is 0 Å². The molecular formula is C15H32N2O. The SMILES string of the molecule is COCCC(C)N1CCC(CNC(C)(C)C)CC1. The van der Waals surface area contributed by atoms with Crippen LogP contribution in [0.25, 0.3) is 0 Å². The first-order valence-electron chi connectivity index (χ1n) is 7.40. The highest BCUT2D eigenvalue weighted by atomic mass is 16.5. The molecule has 1 heterocycles. The fourth-order valence-corrected chi connectivity index (χ4v) is 2.52. The van der Waals surface area contributed by atoms with Gasteiger partial charge >= 0.3 is 0 Å². The smallest absolute Gasteiger partial charge is 0.0477 e. The van der Waals surface area contributed by atoms with Gasteiger partial charge in [0.25, 0.3) is 0 Å². The van der Waals surface area contributed by atoms with Crippen molar-refractivity contribution in [3.63, 3.8) is 0 Å². The van der Waals surface area contributed by atoms with Crippen molar-refractivity contribution in [3.05, 3.63) is 0 Å². The standard InChI is InChI=1S/C15H32N2O/c1-13(8-11-18-5)17-9-6-14(7-10-17)12-16-15(2,3)4/h13-14,16H,6-12H2,1-5H3. The monoisotopic (exact) mass is 256 g/mol. The van der Waals surface area contributed by atoms with E-state index in [1.807, 2.05) is 0 Å². The van der Waals surface area contributed by atoms with Crippen molar-refractivity contribution in [1.82, 2.24) is 10.2 Å². The van der Waals surface area contributed by atoms with Crippen LogP contribution >= 0.6 is 0 Å². The Morgan fingerprint density at radius 1 is 1.28 bits per heavy atom. The van der Waals surface area contributed by atoms with Crippen molar-refractivity contribution in [2.75, 3.05) is 33.4 Å². The van der Waals surface area contributed by atoms with Crippen LogP contribution in [0.15, 0.2) is 0 Å². The molecule has 3 heteroatoms. The Balaban J connectivity index is 2.20. The lowest BCUT2D eigenvalue weighted by Gasteiger charge is -2.37. The number of hydrogen-bond donors (Lipinski definition) is 1. The van der Waals surface area contributed by atoms with Gasteiger partial charge in [-0.25, -0.2) is 0 Å². The summed E-state index contributed by atoms with van der Waals surface area (Å²) in [6.07, 6.45) is 3.82. The Hall–Kier alpha value is -0.120. The summed E-state index contributed by atoms with van der Waals surface area (Å²) < 4.78 is 5.16. The fourth-order valence-electron chi connectivity index (χ4n) is 2.52. The summed E-state index contributed by atoms with van der Waals surface area (Å²) in [5.74, 6) is 0.857. The zero-order valence-electron chi connectivity index (χ0n) is 13.0. The lowest BCUT2D eigenvalue weighted by Crippen LogP contribution is -2.45. The third-order valence-corrected chi connectivity index (χ3v) is 3.93. The quantitative estimate of drug-likeness (QED) is 0.790. The van der Waals surface area contributed by atoms with Crippen molar-refractivity contribution in [2.45, 2.75) is 58.5 Å². The highest BCUT2D eigenvalue weighted by Crippen LogP contribution is 2.20. The van der Waals surface area contributed by atoms with Crippen molar-refractivity contribution in [1.29, 1.82) is 0 Å². The van der Waals surface area contributed by atoms with Gasteiger partial charge < -0.3 is 15.0 Å². The van der Waals surface area contributed by atoms with E-state index in [2.05, 4.69) is 37.9 Å². The minimum absolute atomic E-state index is 0.253. The van der Waals surface area contributed by atoms with Gasteiger partial charge in [0.05, 0.1) is 0 Å². The molecule has 0 aromatic heterocycles. The molecule has 0 amide bonds. The van der Waals surface area contributed by atoms with Gasteiger partial charge in [0.2, 0.25) is 0 Å². The molecular weight excluding hydrogens is 224 g/mol. The van der Waals surface area contributed by atoms with Crippen LogP contribution in [0, 0.1) is 5.92 Å². The normalized spacial score (nSPS) is 21.2. The maximum atomic E-state index is 5.16. The van der Waals surface area contributed by atoms with Crippen LogP contribution in [-0.4, -0.2) is 49.8 Å². The number of nitrogens with one attached hydrogen (secondary N) is 1. The topological polar surface area (TPSA) is 24.5 Å². The summed E-state index contributed by atoms with van der Waals surface area (Å²) in [5, 5.41) is 3.63. The summed E-state index contributed by atoms with van der Waals surface area (Å²) in [7, 11) is 1.79. The number of likely N-dealkylation sites (tertiary alicyclic amines) is 1. The number of ether oxygens (including phenoxy) is 1. The van der Waals surface area contributed by atoms with E-state index < -0.39 is 0 Å². The van der Waals surface area contributed by atoms with Gasteiger partial charge in [-0.15, -0.1) is 0 Å². The summed E-state index contributed by atoms with van der Waals surface area (Å²) in [5.41, 5.74) is 0.253. The summed E-state index contributed by atoms with van der Waals surface area (Å²) in [4.78, 5) is 2.62. The van der Waals surface area contributed by atoms with E-state index in [1.54, 1.807) is 7.11 Å². The van der Waals surface area contributed by atoms with Gasteiger partial charge in [0.1, 0.15) is 0 Å². The second kappa shape index (κ2) is 7.46. The van der Waals surface area contributed by atoms with E-state index in [9.17, 15) is 0 Å². The van der Waals surface area contributed by atoms with Crippen LogP contribution in [0.2, 0.25) is 0 Å². The lowest BCUT2D eigenvalue weighted by molar-refractivity contribution is 0.104. The highest BCUT2D eigenvalue weighted by Gasteiger charge is 2.23. The minimum Gasteiger partial charge on any atom is -0.385 e. The number of piperidine rings is 1. The maximum Gasteiger partial charge on any atom is 0.0477 e. The molecule has 0 saturated carbocycles. The molecule has 1 N–H and O–H groups in total. The Morgan fingerprint density at radius 3 is 2.39 bits per heavy atom. The first kappa shape index (κ1) is 15.9. The van der Waals surface area contributed by atoms with Crippen LogP contribution in [-0.2, 0) is 4.74 Å². The van der Waals surface area contributed by atoms with E-state index in [0.29, 0.717) is 6.04 Å². The van der Waals surface area contributed by atoms with Crippen LogP contribution in [0.5, 0.6) is 0 Å². The molecule has 1 unspecified atom stereocenters. The molecule has 1 aliphatic heterocycles. The summed E-state index contributed by atoms with van der Waals surface area (Å²) >= 11 is 0. The van der Waals surface area contributed by atoms with Crippen LogP contribution in [0.4, 0.5) is 0 Å². The third-order valence-electron chi connectivity index (χ3n) is 3.93. The lowest BCUT2D eigenvalue weighted by atomic mass is 9.94. The summed E-state index contributed by atoms with van der Waals surface area (Å²) in [6, 6.07) is 0.668. The van der Waals surface area contributed by atoms with E-state index in [4.69, 9.17) is 4.74 Å². The molecule has 1 rings (SSSR count). The Labute approximate surface area is 113 Å². The van der Waals surface area contributed by atoms with Gasteiger partial charge in [-0.3, -0.25) is 0 Å². The molecule has 18 heavy (non-hydrogen) atoms. The molecule has 0 spiro atoms. The van der Waals surface area contributed by atoms with Gasteiger partial charge in [0.15, 0.2) is 0 Å². The fraction of sp³-hybridized carbons (Fsp3) is 1.00. The Kier molecular flexibility index (Phi) is 6.61. The van der Waals surface area contributed by atoms with Crippen LogP contribution in [0.3, 0.4) is 0 Å². The van der Waals surface area contributed by atoms with Crippen molar-refractivity contribution < 1.29 is 4.74 Å². The first-order valence-corrected chi connectivity index (χ1v) is 7.40. The molecule has 1 aliphatic rings. The zero-order valence-corrected chi connectivity index (χ0v) is 13.0. The average Bonchev–Trinajstić information content (AvgIpc) is 2.33. The van der Waals surface area contributed by atoms with Gasteiger partial charge in [-0.1, -0.05) is 0 Å². The molecule has 0 bridgehead atoms. The minimum atomic E-state index is 0.253. The highest BCUT2D eigenvalue weighted by molar-refractivity contribution is 4.80. The molecule has 1 atom stereocenters. The molecule has 1 saturated heterocycles. The molecule has 0 radical (unpaired) electrons. The second-order valence-electron chi connectivity index (χ2n) is 6.74. The maximum absolute atomic E-state index is 5.16. The number of methoxy groups -OCH3 is 1. The van der Waals surface area contributed by atoms with Crippen molar-refractivity contribution in [2.24, 2.45) is 5.92 Å². The van der Waals surface area contributed by atoms with Crippen LogP contribution < -0.4 is 5.32 Å². The summed E-state index contributed by atoms with van der Waals surface area (Å²) in [6.45, 7) is 13.6. The number of nitrogens with zero attached hydrogens (tertiary/aromatic N) is 1. The van der Waals surface area contributed by atoms with Crippen molar-refractivity contribution >= 4 is 0 Å². The van der Waals surface area contributed by atoms with Gasteiger partial charge in [0, 0.05) is 25.3 Å². The predicted octanol–water partition coefficient (Wildman–Crippen LogP) is 2.51. The van der Waals surface area contributed by atoms with Crippen LogP contribution in [0.1, 0.15) is 47.0 Å². The zero-order chi connectivity index (χ0) is 13.6. The van der Waals surface area contributed by atoms with E-state index in [0.717, 1.165) is 18.9 Å². The Morgan fingerprint density at radius 2 is 1.89 bits per heavy atom. The van der Waals surface area contributed by atoms with E-state index >= 15 is 0 Å². The molecule has 108 valence electrons. The average molecular weight is 256 g/mol. The predicted molar refractivity (Wildman–Crippen MR) is 78.0 cm³/mol. The third kappa shape index (κ3) is 6.17. The van der Waals surface area contributed by atoms with E-state index in [1.165, 1.54) is 32.5 Å². The molecule has 1 fully saturated rings. The largest absolute Gasteiger partial charge is 0.385 e. The Bertz CT molecular complexity index is 217. The second-order valence-corrected chi connectivity index (χ2v) is 6.74. The number of rotatable bonds is 6. The van der Waals surface area contributed by atoms with E-state index in [-0.39, 0.29) is 5.54 Å². The first-order chi connectivity index (χ1) is 8.42. The van der Waals surface area contributed by atoms with Gasteiger partial charge in [-0.2, -0.15) is 0 Å². The number of hydrogen-bond acceptors (Lipinski definition) is 3.